The number of fused-ring (bicyclic) bond motifs is 1. The Hall–Kier alpha value is -1.39. The molecule has 0 aliphatic heterocycles. The van der Waals surface area contributed by atoms with Crippen LogP contribution in [-0.4, -0.2) is 4.98 Å². The molecule has 2 nitrogen and oxygen atoms in total. The number of rotatable bonds is 3. The van der Waals surface area contributed by atoms with Crippen molar-refractivity contribution < 1.29 is 0 Å². The van der Waals surface area contributed by atoms with Gasteiger partial charge in [-0.2, -0.15) is 0 Å². The van der Waals surface area contributed by atoms with Crippen LogP contribution in [0.5, 0.6) is 0 Å². The first kappa shape index (κ1) is 12.6. The highest BCUT2D eigenvalue weighted by Gasteiger charge is 2.04. The van der Waals surface area contributed by atoms with E-state index in [4.69, 9.17) is 0 Å². The third-order valence-corrected chi connectivity index (χ3v) is 4.41. The van der Waals surface area contributed by atoms with Crippen molar-refractivity contribution in [1.29, 1.82) is 0 Å². The molecular formula is C15H13BrN2S. The Balaban J connectivity index is 1.87. The minimum atomic E-state index is 0.928. The van der Waals surface area contributed by atoms with E-state index in [1.807, 2.05) is 12.1 Å². The topological polar surface area (TPSA) is 24.9 Å². The summed E-state index contributed by atoms with van der Waals surface area (Å²) in [4.78, 5) is 4.59. The van der Waals surface area contributed by atoms with Crippen molar-refractivity contribution in [2.45, 2.75) is 13.3 Å². The lowest BCUT2D eigenvalue weighted by Gasteiger charge is -2.03. The minimum Gasteiger partial charge on any atom is -0.332 e. The van der Waals surface area contributed by atoms with Gasteiger partial charge < -0.3 is 5.32 Å². The van der Waals surface area contributed by atoms with Crippen molar-refractivity contribution in [3.8, 4) is 0 Å². The summed E-state index contributed by atoms with van der Waals surface area (Å²) in [5.74, 6) is 0. The van der Waals surface area contributed by atoms with Crippen LogP contribution < -0.4 is 5.32 Å². The molecule has 0 saturated carbocycles. The van der Waals surface area contributed by atoms with Crippen LogP contribution >= 0.6 is 27.3 Å². The Kier molecular flexibility index (Phi) is 3.53. The maximum Gasteiger partial charge on any atom is 0.188 e. The molecule has 1 heterocycles. The molecule has 19 heavy (non-hydrogen) atoms. The Morgan fingerprint density at radius 2 is 1.95 bits per heavy atom. The van der Waals surface area contributed by atoms with Gasteiger partial charge in [0.05, 0.1) is 10.2 Å². The molecule has 0 bridgehead atoms. The van der Waals surface area contributed by atoms with Crippen LogP contribution in [0.3, 0.4) is 0 Å². The number of nitrogens with one attached hydrogen (secondary N) is 1. The van der Waals surface area contributed by atoms with E-state index >= 15 is 0 Å². The van der Waals surface area contributed by atoms with E-state index < -0.39 is 0 Å². The molecule has 0 unspecified atom stereocenters. The first-order valence-corrected chi connectivity index (χ1v) is 7.77. The molecule has 0 aliphatic rings. The second kappa shape index (κ2) is 5.31. The highest BCUT2D eigenvalue weighted by molar-refractivity contribution is 9.10. The molecule has 3 aromatic rings. The number of nitrogens with zero attached hydrogens (tertiary/aromatic N) is 1. The van der Waals surface area contributed by atoms with Crippen LogP contribution in [0.4, 0.5) is 10.8 Å². The van der Waals surface area contributed by atoms with Crippen molar-refractivity contribution in [3.63, 3.8) is 0 Å². The largest absolute Gasteiger partial charge is 0.332 e. The molecule has 4 heteroatoms. The van der Waals surface area contributed by atoms with Crippen molar-refractivity contribution in [2.75, 3.05) is 5.32 Å². The molecule has 0 radical (unpaired) electrons. The number of hydrogen-bond donors (Lipinski definition) is 1. The van der Waals surface area contributed by atoms with Gasteiger partial charge in [-0.1, -0.05) is 46.3 Å². The molecule has 2 aromatic carbocycles. The predicted octanol–water partition coefficient (Wildman–Crippen LogP) is 5.36. The first-order chi connectivity index (χ1) is 9.24. The van der Waals surface area contributed by atoms with Crippen LogP contribution in [0.2, 0.25) is 0 Å². The fourth-order valence-corrected chi connectivity index (χ4v) is 3.12. The first-order valence-electron chi connectivity index (χ1n) is 6.16. The van der Waals surface area contributed by atoms with Gasteiger partial charge in [0.1, 0.15) is 0 Å². The number of aryl methyl sites for hydroxylation is 1. The SMILES string of the molecule is CCc1ccc(Nc2nc3cc(Br)ccc3s2)cc1. The number of aromatic nitrogens is 1. The summed E-state index contributed by atoms with van der Waals surface area (Å²) in [6.07, 6.45) is 1.06. The molecule has 96 valence electrons. The average Bonchev–Trinajstić information content (AvgIpc) is 2.81. The lowest BCUT2D eigenvalue weighted by molar-refractivity contribution is 1.14. The third kappa shape index (κ3) is 2.80. The van der Waals surface area contributed by atoms with Crippen LogP contribution in [0.25, 0.3) is 10.2 Å². The Morgan fingerprint density at radius 1 is 1.16 bits per heavy atom. The van der Waals surface area contributed by atoms with Gasteiger partial charge in [-0.3, -0.25) is 0 Å². The zero-order chi connectivity index (χ0) is 13.2. The molecular weight excluding hydrogens is 320 g/mol. The van der Waals surface area contributed by atoms with E-state index in [9.17, 15) is 0 Å². The molecule has 0 spiro atoms. The van der Waals surface area contributed by atoms with Gasteiger partial charge in [0.25, 0.3) is 0 Å². The zero-order valence-corrected chi connectivity index (χ0v) is 12.9. The van der Waals surface area contributed by atoms with Gasteiger partial charge in [-0.15, -0.1) is 0 Å². The smallest absolute Gasteiger partial charge is 0.188 e. The van der Waals surface area contributed by atoms with Gasteiger partial charge in [-0.05, 0) is 42.3 Å². The fraction of sp³-hybridized carbons (Fsp3) is 0.133. The normalized spacial score (nSPS) is 10.8. The number of anilines is 2. The maximum absolute atomic E-state index is 4.59. The number of benzene rings is 2. The second-order valence-corrected chi connectivity index (χ2v) is 6.25. The summed E-state index contributed by atoms with van der Waals surface area (Å²) in [7, 11) is 0. The van der Waals surface area contributed by atoms with E-state index in [1.54, 1.807) is 11.3 Å². The summed E-state index contributed by atoms with van der Waals surface area (Å²) in [6.45, 7) is 2.16. The third-order valence-electron chi connectivity index (χ3n) is 2.96. The lowest BCUT2D eigenvalue weighted by Crippen LogP contribution is -1.89. The van der Waals surface area contributed by atoms with Gasteiger partial charge >= 0.3 is 0 Å². The summed E-state index contributed by atoms with van der Waals surface area (Å²) in [5, 5.41) is 4.28. The van der Waals surface area contributed by atoms with Crippen molar-refractivity contribution in [2.24, 2.45) is 0 Å². The molecule has 0 aliphatic carbocycles. The van der Waals surface area contributed by atoms with Gasteiger partial charge in [0.15, 0.2) is 5.13 Å². The predicted molar refractivity (Wildman–Crippen MR) is 86.4 cm³/mol. The van der Waals surface area contributed by atoms with Crippen LogP contribution in [0.1, 0.15) is 12.5 Å². The monoisotopic (exact) mass is 332 g/mol. The van der Waals surface area contributed by atoms with Gasteiger partial charge in [0, 0.05) is 10.2 Å². The highest BCUT2D eigenvalue weighted by atomic mass is 79.9. The Morgan fingerprint density at radius 3 is 2.68 bits per heavy atom. The quantitative estimate of drug-likeness (QED) is 0.697. The summed E-state index contributed by atoms with van der Waals surface area (Å²) >= 11 is 5.14. The van der Waals surface area contributed by atoms with E-state index in [2.05, 4.69) is 63.5 Å². The maximum atomic E-state index is 4.59. The number of thiazole rings is 1. The van der Waals surface area contributed by atoms with Crippen LogP contribution in [-0.2, 0) is 6.42 Å². The molecule has 0 amide bonds. The molecule has 1 aromatic heterocycles. The van der Waals surface area contributed by atoms with Crippen molar-refractivity contribution >= 4 is 48.3 Å². The van der Waals surface area contributed by atoms with Crippen LogP contribution in [0, 0.1) is 0 Å². The van der Waals surface area contributed by atoms with E-state index in [0.717, 1.165) is 27.2 Å². The zero-order valence-electron chi connectivity index (χ0n) is 10.5. The molecule has 0 saturated heterocycles. The highest BCUT2D eigenvalue weighted by Crippen LogP contribution is 2.30. The van der Waals surface area contributed by atoms with Crippen molar-refractivity contribution in [3.05, 3.63) is 52.5 Å². The fourth-order valence-electron chi connectivity index (χ4n) is 1.90. The minimum absolute atomic E-state index is 0.928. The van der Waals surface area contributed by atoms with E-state index in [1.165, 1.54) is 10.3 Å². The Labute approximate surface area is 124 Å². The standard InChI is InChI=1S/C15H13BrN2S/c1-2-10-3-6-12(7-4-10)17-15-18-13-9-11(16)5-8-14(13)19-15/h3-9H,2H2,1H3,(H,17,18). The van der Waals surface area contributed by atoms with Gasteiger partial charge in [0.2, 0.25) is 0 Å². The van der Waals surface area contributed by atoms with E-state index in [0.29, 0.717) is 0 Å². The second-order valence-electron chi connectivity index (χ2n) is 4.31. The molecule has 0 fully saturated rings. The Bertz CT molecular complexity index is 704. The average molecular weight is 333 g/mol. The lowest BCUT2D eigenvalue weighted by atomic mass is 10.1. The molecule has 1 N–H and O–H groups in total. The number of hydrogen-bond acceptors (Lipinski definition) is 3. The van der Waals surface area contributed by atoms with Crippen LogP contribution in [0.15, 0.2) is 46.9 Å². The number of halogens is 1. The molecule has 3 rings (SSSR count). The summed E-state index contributed by atoms with van der Waals surface area (Å²) in [6, 6.07) is 14.7. The molecule has 0 atom stereocenters. The summed E-state index contributed by atoms with van der Waals surface area (Å²) in [5.41, 5.74) is 3.45. The summed E-state index contributed by atoms with van der Waals surface area (Å²) < 4.78 is 2.25. The van der Waals surface area contributed by atoms with Crippen molar-refractivity contribution in [1.82, 2.24) is 4.98 Å². The van der Waals surface area contributed by atoms with Gasteiger partial charge in [-0.25, -0.2) is 4.98 Å². The van der Waals surface area contributed by atoms with E-state index in [-0.39, 0.29) is 0 Å².